The van der Waals surface area contributed by atoms with Crippen molar-refractivity contribution in [3.63, 3.8) is 0 Å². The van der Waals surface area contributed by atoms with Crippen LogP contribution in [0.2, 0.25) is 0 Å². The van der Waals surface area contributed by atoms with Crippen molar-refractivity contribution in [2.24, 2.45) is 5.92 Å². The fourth-order valence-corrected chi connectivity index (χ4v) is 2.66. The van der Waals surface area contributed by atoms with Gasteiger partial charge < -0.3 is 15.7 Å². The predicted octanol–water partition coefficient (Wildman–Crippen LogP) is 2.63. The van der Waals surface area contributed by atoms with Crippen LogP contribution in [0.1, 0.15) is 25.7 Å². The van der Waals surface area contributed by atoms with Crippen LogP contribution in [0.4, 0.5) is 20.2 Å². The fourth-order valence-electron chi connectivity index (χ4n) is 2.66. The monoisotopic (exact) mass is 284 g/mol. The van der Waals surface area contributed by atoms with Crippen molar-refractivity contribution < 1.29 is 18.7 Å². The Kier molecular flexibility index (Phi) is 4.42. The molecule has 0 aliphatic carbocycles. The quantitative estimate of drug-likeness (QED) is 0.834. The second-order valence-electron chi connectivity index (χ2n) is 5.20. The number of carboxylic acids is 1. The number of rotatable bonds is 4. The Bertz CT molecular complexity index is 477. The molecule has 0 bridgehead atoms. The van der Waals surface area contributed by atoms with Crippen molar-refractivity contribution in [1.29, 1.82) is 0 Å². The Labute approximate surface area is 116 Å². The molecule has 20 heavy (non-hydrogen) atoms. The molecule has 1 fully saturated rings. The number of nitrogens with zero attached hydrogens (tertiary/aromatic N) is 1. The molecular weight excluding hydrogens is 266 g/mol. The molecule has 6 heteroatoms. The van der Waals surface area contributed by atoms with Crippen molar-refractivity contribution in [3.8, 4) is 0 Å². The molecule has 0 atom stereocenters. The van der Waals surface area contributed by atoms with Crippen LogP contribution in [-0.4, -0.2) is 24.2 Å². The normalized spacial score (nSPS) is 16.4. The number of aliphatic carboxylic acids is 1. The van der Waals surface area contributed by atoms with Gasteiger partial charge in [0, 0.05) is 25.2 Å². The topological polar surface area (TPSA) is 66.6 Å². The molecule has 1 aromatic carbocycles. The Morgan fingerprint density at radius 1 is 1.30 bits per heavy atom. The average Bonchev–Trinajstić information content (AvgIpc) is 2.36. The zero-order valence-corrected chi connectivity index (χ0v) is 11.1. The molecule has 110 valence electrons. The van der Waals surface area contributed by atoms with E-state index in [1.165, 1.54) is 0 Å². The summed E-state index contributed by atoms with van der Waals surface area (Å²) in [4.78, 5) is 12.2. The summed E-state index contributed by atoms with van der Waals surface area (Å²) in [6.07, 6.45) is 2.26. The van der Waals surface area contributed by atoms with E-state index in [4.69, 9.17) is 10.8 Å². The fraction of sp³-hybridized carbons (Fsp3) is 0.500. The summed E-state index contributed by atoms with van der Waals surface area (Å²) in [6, 6.07) is 2.24. The van der Waals surface area contributed by atoms with Crippen LogP contribution >= 0.6 is 0 Å². The molecule has 1 aliphatic heterocycles. The maximum absolute atomic E-state index is 13.8. The van der Waals surface area contributed by atoms with Gasteiger partial charge in [-0.15, -0.1) is 0 Å². The van der Waals surface area contributed by atoms with E-state index in [0.717, 1.165) is 25.0 Å². The van der Waals surface area contributed by atoms with Crippen LogP contribution in [0.15, 0.2) is 12.1 Å². The number of anilines is 2. The van der Waals surface area contributed by atoms with Gasteiger partial charge in [-0.2, -0.15) is 0 Å². The molecule has 1 aromatic rings. The minimum absolute atomic E-state index is 0.0316. The summed E-state index contributed by atoms with van der Waals surface area (Å²) in [5, 5.41) is 8.65. The van der Waals surface area contributed by atoms with Crippen LogP contribution in [0, 0.1) is 17.6 Å². The number of nitrogens with two attached hydrogens (primary N) is 1. The van der Waals surface area contributed by atoms with Crippen molar-refractivity contribution in [2.45, 2.75) is 25.7 Å². The largest absolute Gasteiger partial charge is 0.481 e. The van der Waals surface area contributed by atoms with Crippen LogP contribution < -0.4 is 10.6 Å². The van der Waals surface area contributed by atoms with Gasteiger partial charge in [0.25, 0.3) is 0 Å². The van der Waals surface area contributed by atoms with Gasteiger partial charge >= 0.3 is 5.97 Å². The SMILES string of the molecule is Nc1cc(F)c(N2CCC(CCC(=O)O)CC2)c(F)c1. The number of piperidine rings is 1. The zero-order chi connectivity index (χ0) is 14.7. The van der Waals surface area contributed by atoms with Crippen LogP contribution in [-0.2, 0) is 4.79 Å². The summed E-state index contributed by atoms with van der Waals surface area (Å²) in [6.45, 7) is 1.06. The summed E-state index contributed by atoms with van der Waals surface area (Å²) in [7, 11) is 0. The third-order valence-corrected chi connectivity index (χ3v) is 3.74. The molecule has 0 radical (unpaired) electrons. The third kappa shape index (κ3) is 3.37. The van der Waals surface area contributed by atoms with Gasteiger partial charge in [0.2, 0.25) is 0 Å². The minimum Gasteiger partial charge on any atom is -0.481 e. The average molecular weight is 284 g/mol. The standard InChI is InChI=1S/C14H18F2N2O2/c15-11-7-10(17)8-12(16)14(11)18-5-3-9(4-6-18)1-2-13(19)20/h7-9H,1-6,17H2,(H,19,20). The maximum Gasteiger partial charge on any atom is 0.303 e. The number of hydrogen-bond donors (Lipinski definition) is 2. The zero-order valence-electron chi connectivity index (χ0n) is 11.1. The Morgan fingerprint density at radius 2 is 1.85 bits per heavy atom. The van der Waals surface area contributed by atoms with E-state index >= 15 is 0 Å². The Balaban J connectivity index is 1.99. The van der Waals surface area contributed by atoms with Crippen molar-refractivity contribution in [2.75, 3.05) is 23.7 Å². The van der Waals surface area contributed by atoms with E-state index in [2.05, 4.69) is 0 Å². The summed E-state index contributed by atoms with van der Waals surface area (Å²) < 4.78 is 27.6. The van der Waals surface area contributed by atoms with Crippen molar-refractivity contribution in [1.82, 2.24) is 0 Å². The van der Waals surface area contributed by atoms with Gasteiger partial charge in [0.05, 0.1) is 0 Å². The van der Waals surface area contributed by atoms with E-state index < -0.39 is 17.6 Å². The molecular formula is C14H18F2N2O2. The highest BCUT2D eigenvalue weighted by atomic mass is 19.1. The lowest BCUT2D eigenvalue weighted by atomic mass is 9.92. The second kappa shape index (κ2) is 6.07. The van der Waals surface area contributed by atoms with E-state index in [0.29, 0.717) is 25.4 Å². The first-order chi connectivity index (χ1) is 9.47. The molecule has 1 saturated heterocycles. The minimum atomic E-state index is -0.803. The molecule has 0 spiro atoms. The number of nitrogen functional groups attached to an aromatic ring is 1. The molecule has 0 saturated carbocycles. The first kappa shape index (κ1) is 14.6. The molecule has 0 aromatic heterocycles. The highest BCUT2D eigenvalue weighted by molar-refractivity contribution is 5.66. The molecule has 0 unspecified atom stereocenters. The lowest BCUT2D eigenvalue weighted by molar-refractivity contribution is -0.137. The van der Waals surface area contributed by atoms with Gasteiger partial charge in [-0.1, -0.05) is 0 Å². The first-order valence-electron chi connectivity index (χ1n) is 6.68. The van der Waals surface area contributed by atoms with E-state index in [9.17, 15) is 13.6 Å². The Hall–Kier alpha value is -1.85. The smallest absolute Gasteiger partial charge is 0.303 e. The van der Waals surface area contributed by atoms with E-state index in [1.807, 2.05) is 0 Å². The number of carbonyl (C=O) groups is 1. The predicted molar refractivity (Wildman–Crippen MR) is 72.6 cm³/mol. The lowest BCUT2D eigenvalue weighted by Gasteiger charge is -2.33. The number of hydrogen-bond acceptors (Lipinski definition) is 3. The first-order valence-corrected chi connectivity index (χ1v) is 6.68. The van der Waals surface area contributed by atoms with Gasteiger partial charge in [-0.25, -0.2) is 8.78 Å². The van der Waals surface area contributed by atoms with Crippen molar-refractivity contribution >= 4 is 17.3 Å². The highest BCUT2D eigenvalue weighted by Crippen LogP contribution is 2.31. The lowest BCUT2D eigenvalue weighted by Crippen LogP contribution is -2.35. The summed E-state index contributed by atoms with van der Waals surface area (Å²) in [5.74, 6) is -1.79. The molecule has 2 rings (SSSR count). The Morgan fingerprint density at radius 3 is 2.35 bits per heavy atom. The summed E-state index contributed by atoms with van der Waals surface area (Å²) >= 11 is 0. The van der Waals surface area contributed by atoms with Crippen molar-refractivity contribution in [3.05, 3.63) is 23.8 Å². The van der Waals surface area contributed by atoms with Gasteiger partial charge in [-0.3, -0.25) is 4.79 Å². The van der Waals surface area contributed by atoms with Crippen LogP contribution in [0.5, 0.6) is 0 Å². The molecule has 3 N–H and O–H groups in total. The number of carboxylic acid groups (broad SMARTS) is 1. The second-order valence-corrected chi connectivity index (χ2v) is 5.20. The maximum atomic E-state index is 13.8. The van der Waals surface area contributed by atoms with Gasteiger partial charge in [-0.05, 0) is 37.3 Å². The van der Waals surface area contributed by atoms with E-state index in [-0.39, 0.29) is 17.8 Å². The molecule has 0 amide bonds. The van der Waals surface area contributed by atoms with Gasteiger partial charge in [0.1, 0.15) is 5.69 Å². The van der Waals surface area contributed by atoms with Gasteiger partial charge in [0.15, 0.2) is 11.6 Å². The number of halogens is 2. The number of benzene rings is 1. The summed E-state index contributed by atoms with van der Waals surface area (Å²) in [5.41, 5.74) is 5.43. The van der Waals surface area contributed by atoms with Crippen LogP contribution in [0.3, 0.4) is 0 Å². The van der Waals surface area contributed by atoms with Crippen LogP contribution in [0.25, 0.3) is 0 Å². The molecule has 1 aliphatic rings. The molecule has 1 heterocycles. The van der Waals surface area contributed by atoms with E-state index in [1.54, 1.807) is 4.90 Å². The molecule has 4 nitrogen and oxygen atoms in total. The third-order valence-electron chi connectivity index (χ3n) is 3.74. The highest BCUT2D eigenvalue weighted by Gasteiger charge is 2.24.